The van der Waals surface area contributed by atoms with Crippen LogP contribution in [0.2, 0.25) is 0 Å². The van der Waals surface area contributed by atoms with Crippen LogP contribution in [-0.4, -0.2) is 36.1 Å². The molecule has 0 radical (unpaired) electrons. The summed E-state index contributed by atoms with van der Waals surface area (Å²) in [7, 11) is 2.13. The van der Waals surface area contributed by atoms with Gasteiger partial charge in [0.15, 0.2) is 0 Å². The van der Waals surface area contributed by atoms with Gasteiger partial charge in [-0.15, -0.1) is 0 Å². The van der Waals surface area contributed by atoms with Crippen LogP contribution in [0.4, 0.5) is 5.82 Å². The monoisotopic (exact) mass is 207 g/mol. The van der Waals surface area contributed by atoms with E-state index < -0.39 is 0 Å². The molecule has 0 aliphatic carbocycles. The van der Waals surface area contributed by atoms with Crippen molar-refractivity contribution in [3.63, 3.8) is 0 Å². The highest BCUT2D eigenvalue weighted by atomic mass is 15.1. The van der Waals surface area contributed by atoms with E-state index in [1.807, 2.05) is 19.2 Å². The third-order valence-electron chi connectivity index (χ3n) is 2.56. The summed E-state index contributed by atoms with van der Waals surface area (Å²) in [5, 5.41) is 3.30. The van der Waals surface area contributed by atoms with Gasteiger partial charge in [-0.1, -0.05) is 6.07 Å². The Morgan fingerprint density at radius 1 is 1.40 bits per heavy atom. The number of rotatable bonds is 5. The maximum Gasteiger partial charge on any atom is 0.125 e. The number of hydrogen-bond donors (Lipinski definition) is 1. The highest BCUT2D eigenvalue weighted by Crippen LogP contribution is 2.03. The Balaban J connectivity index is 2.29. The van der Waals surface area contributed by atoms with E-state index in [2.05, 4.69) is 42.2 Å². The summed E-state index contributed by atoms with van der Waals surface area (Å²) < 4.78 is 0. The van der Waals surface area contributed by atoms with Crippen molar-refractivity contribution in [2.24, 2.45) is 0 Å². The van der Waals surface area contributed by atoms with Gasteiger partial charge in [0.2, 0.25) is 0 Å². The van der Waals surface area contributed by atoms with Crippen molar-refractivity contribution in [3.05, 3.63) is 23.9 Å². The third-order valence-corrected chi connectivity index (χ3v) is 2.56. The molecule has 1 aromatic heterocycles. The fourth-order valence-electron chi connectivity index (χ4n) is 1.19. The Kier molecular flexibility index (Phi) is 4.56. The summed E-state index contributed by atoms with van der Waals surface area (Å²) in [6.07, 6.45) is 1.88. The molecule has 1 rings (SSSR count). The van der Waals surface area contributed by atoms with Crippen LogP contribution >= 0.6 is 0 Å². The molecule has 0 saturated heterocycles. The molecule has 1 aromatic rings. The first-order valence-electron chi connectivity index (χ1n) is 5.46. The van der Waals surface area contributed by atoms with Gasteiger partial charge < -0.3 is 10.2 Å². The zero-order valence-electron chi connectivity index (χ0n) is 10.1. The van der Waals surface area contributed by atoms with Gasteiger partial charge >= 0.3 is 0 Å². The summed E-state index contributed by atoms with van der Waals surface area (Å²) in [6, 6.07) is 4.68. The molecule has 15 heavy (non-hydrogen) atoms. The fraction of sp³-hybridized carbons (Fsp3) is 0.583. The molecule has 0 atom stereocenters. The van der Waals surface area contributed by atoms with Gasteiger partial charge in [-0.05, 0) is 39.4 Å². The highest BCUT2D eigenvalue weighted by molar-refractivity contribution is 5.34. The first kappa shape index (κ1) is 12.0. The van der Waals surface area contributed by atoms with E-state index >= 15 is 0 Å². The lowest BCUT2D eigenvalue weighted by Gasteiger charge is -2.20. The summed E-state index contributed by atoms with van der Waals surface area (Å²) in [5.41, 5.74) is 1.19. The minimum Gasteiger partial charge on any atom is -0.369 e. The van der Waals surface area contributed by atoms with Crippen molar-refractivity contribution in [2.75, 3.05) is 25.5 Å². The van der Waals surface area contributed by atoms with E-state index in [-0.39, 0.29) is 0 Å². The zero-order valence-corrected chi connectivity index (χ0v) is 10.1. The number of hydrogen-bond acceptors (Lipinski definition) is 3. The van der Waals surface area contributed by atoms with Gasteiger partial charge in [0.1, 0.15) is 5.82 Å². The third kappa shape index (κ3) is 4.30. The Bertz CT molecular complexity index is 279. The maximum atomic E-state index is 4.29. The molecule has 3 heteroatoms. The predicted octanol–water partition coefficient (Wildman–Crippen LogP) is 2.14. The summed E-state index contributed by atoms with van der Waals surface area (Å²) in [4.78, 5) is 6.60. The van der Waals surface area contributed by atoms with E-state index in [1.54, 1.807) is 0 Å². The molecule has 0 spiro atoms. The van der Waals surface area contributed by atoms with Gasteiger partial charge in [-0.25, -0.2) is 4.98 Å². The summed E-state index contributed by atoms with van der Waals surface area (Å²) >= 11 is 0. The second kappa shape index (κ2) is 5.71. The van der Waals surface area contributed by atoms with Crippen LogP contribution < -0.4 is 5.32 Å². The van der Waals surface area contributed by atoms with Crippen LogP contribution in [0.5, 0.6) is 0 Å². The SMILES string of the molecule is Cc1ccc(NCCN(C)C(C)C)nc1. The molecular formula is C12H21N3. The second-order valence-corrected chi connectivity index (χ2v) is 4.22. The van der Waals surface area contributed by atoms with Gasteiger partial charge in [0, 0.05) is 25.3 Å². The van der Waals surface area contributed by atoms with Crippen LogP contribution in [0.15, 0.2) is 18.3 Å². The van der Waals surface area contributed by atoms with Crippen LogP contribution in [0, 0.1) is 6.92 Å². The summed E-state index contributed by atoms with van der Waals surface area (Å²) in [5.74, 6) is 0.956. The highest BCUT2D eigenvalue weighted by Gasteiger charge is 2.01. The minimum absolute atomic E-state index is 0.595. The molecule has 0 aliphatic heterocycles. The van der Waals surface area contributed by atoms with E-state index in [4.69, 9.17) is 0 Å². The molecule has 0 amide bonds. The molecule has 1 N–H and O–H groups in total. The molecule has 0 unspecified atom stereocenters. The lowest BCUT2D eigenvalue weighted by atomic mass is 10.3. The Labute approximate surface area is 92.5 Å². The van der Waals surface area contributed by atoms with Crippen molar-refractivity contribution >= 4 is 5.82 Å². The molecule has 1 heterocycles. The Hall–Kier alpha value is -1.09. The molecule has 0 aromatic carbocycles. The van der Waals surface area contributed by atoms with E-state index in [0.29, 0.717) is 6.04 Å². The van der Waals surface area contributed by atoms with Gasteiger partial charge in [0.25, 0.3) is 0 Å². The maximum absolute atomic E-state index is 4.29. The van der Waals surface area contributed by atoms with Crippen LogP contribution in [0.25, 0.3) is 0 Å². The Morgan fingerprint density at radius 3 is 2.67 bits per heavy atom. The van der Waals surface area contributed by atoms with Crippen molar-refractivity contribution < 1.29 is 0 Å². The standard InChI is InChI=1S/C12H21N3/c1-10(2)15(4)8-7-13-12-6-5-11(3)9-14-12/h5-6,9-10H,7-8H2,1-4H3,(H,13,14). The largest absolute Gasteiger partial charge is 0.369 e. The molecule has 0 bridgehead atoms. The number of aromatic nitrogens is 1. The van der Waals surface area contributed by atoms with E-state index in [0.717, 1.165) is 18.9 Å². The fourth-order valence-corrected chi connectivity index (χ4v) is 1.19. The number of anilines is 1. The van der Waals surface area contributed by atoms with Crippen molar-refractivity contribution in [1.82, 2.24) is 9.88 Å². The smallest absolute Gasteiger partial charge is 0.125 e. The lowest BCUT2D eigenvalue weighted by Crippen LogP contribution is -2.31. The lowest BCUT2D eigenvalue weighted by molar-refractivity contribution is 0.284. The zero-order chi connectivity index (χ0) is 11.3. The van der Waals surface area contributed by atoms with Crippen molar-refractivity contribution in [1.29, 1.82) is 0 Å². The van der Waals surface area contributed by atoms with E-state index in [9.17, 15) is 0 Å². The number of likely N-dealkylation sites (N-methyl/N-ethyl adjacent to an activating group) is 1. The average Bonchev–Trinajstić information content (AvgIpc) is 2.20. The molecule has 0 aliphatic rings. The number of nitrogens with zero attached hydrogens (tertiary/aromatic N) is 2. The van der Waals surface area contributed by atoms with Gasteiger partial charge in [-0.2, -0.15) is 0 Å². The average molecular weight is 207 g/mol. The van der Waals surface area contributed by atoms with Gasteiger partial charge in [-0.3, -0.25) is 0 Å². The first-order chi connectivity index (χ1) is 7.09. The van der Waals surface area contributed by atoms with E-state index in [1.165, 1.54) is 5.56 Å². The summed E-state index contributed by atoms with van der Waals surface area (Å²) in [6.45, 7) is 8.41. The molecular weight excluding hydrogens is 186 g/mol. The molecule has 0 saturated carbocycles. The van der Waals surface area contributed by atoms with Crippen molar-refractivity contribution in [3.8, 4) is 0 Å². The second-order valence-electron chi connectivity index (χ2n) is 4.22. The first-order valence-corrected chi connectivity index (χ1v) is 5.46. The predicted molar refractivity (Wildman–Crippen MR) is 65.2 cm³/mol. The molecule has 84 valence electrons. The van der Waals surface area contributed by atoms with Crippen LogP contribution in [0.1, 0.15) is 19.4 Å². The number of pyridine rings is 1. The number of aryl methyl sites for hydroxylation is 1. The minimum atomic E-state index is 0.595. The normalized spacial score (nSPS) is 11.1. The number of nitrogens with one attached hydrogen (secondary N) is 1. The molecule has 3 nitrogen and oxygen atoms in total. The van der Waals surface area contributed by atoms with Gasteiger partial charge in [0.05, 0.1) is 0 Å². The van der Waals surface area contributed by atoms with Crippen LogP contribution in [-0.2, 0) is 0 Å². The molecule has 0 fully saturated rings. The quantitative estimate of drug-likeness (QED) is 0.802. The Morgan fingerprint density at radius 2 is 2.13 bits per heavy atom. The van der Waals surface area contributed by atoms with Crippen LogP contribution in [0.3, 0.4) is 0 Å². The van der Waals surface area contributed by atoms with Crippen molar-refractivity contribution in [2.45, 2.75) is 26.8 Å². The topological polar surface area (TPSA) is 28.2 Å².